The fraction of sp³-hybridized carbons (Fsp3) is 0.462. The molecule has 20 heavy (non-hydrogen) atoms. The summed E-state index contributed by atoms with van der Waals surface area (Å²) in [4.78, 5) is 30.5. The highest BCUT2D eigenvalue weighted by Crippen LogP contribution is 2.18. The van der Waals surface area contributed by atoms with Gasteiger partial charge in [-0.3, -0.25) is 10.1 Å². The molecule has 7 heteroatoms. The number of hydrogen-bond donors (Lipinski definition) is 2. The number of nitrogens with zero attached hydrogens (tertiary/aromatic N) is 3. The Hall–Kier alpha value is -2.31. The first-order valence-corrected chi connectivity index (χ1v) is 6.40. The van der Waals surface area contributed by atoms with Crippen LogP contribution in [0.4, 0.5) is 16.4 Å². The molecule has 1 atom stereocenters. The van der Waals surface area contributed by atoms with Crippen LogP contribution in [0.15, 0.2) is 18.2 Å². The highest BCUT2D eigenvalue weighted by molar-refractivity contribution is 5.89. The van der Waals surface area contributed by atoms with Crippen molar-refractivity contribution >= 4 is 23.6 Å². The maximum absolute atomic E-state index is 12.0. The van der Waals surface area contributed by atoms with Crippen molar-refractivity contribution in [2.45, 2.75) is 6.42 Å². The molecule has 2 heterocycles. The second kappa shape index (κ2) is 5.77. The number of pyridine rings is 1. The average Bonchev–Trinajstić information content (AvgIpc) is 2.88. The minimum atomic E-state index is -0.854. The number of carbonyl (C=O) groups excluding carboxylic acids is 1. The maximum Gasteiger partial charge on any atom is 0.323 e. The summed E-state index contributed by atoms with van der Waals surface area (Å²) in [6.45, 7) is 0.699. The zero-order valence-electron chi connectivity index (χ0n) is 11.5. The number of anilines is 2. The molecule has 2 amide bonds. The van der Waals surface area contributed by atoms with Gasteiger partial charge in [-0.15, -0.1) is 0 Å². The lowest BCUT2D eigenvalue weighted by Crippen LogP contribution is -2.34. The van der Waals surface area contributed by atoms with E-state index in [1.54, 1.807) is 6.07 Å². The van der Waals surface area contributed by atoms with Gasteiger partial charge >= 0.3 is 12.0 Å². The fourth-order valence-electron chi connectivity index (χ4n) is 2.08. The van der Waals surface area contributed by atoms with E-state index < -0.39 is 11.9 Å². The number of rotatable bonds is 3. The summed E-state index contributed by atoms with van der Waals surface area (Å²) >= 11 is 0. The van der Waals surface area contributed by atoms with Crippen LogP contribution in [-0.2, 0) is 4.79 Å². The van der Waals surface area contributed by atoms with E-state index in [9.17, 15) is 9.59 Å². The van der Waals surface area contributed by atoms with Gasteiger partial charge in [0, 0.05) is 27.2 Å². The zero-order chi connectivity index (χ0) is 14.7. The van der Waals surface area contributed by atoms with Crippen molar-refractivity contribution in [3.63, 3.8) is 0 Å². The first-order chi connectivity index (χ1) is 9.47. The Kier molecular flexibility index (Phi) is 4.07. The van der Waals surface area contributed by atoms with E-state index >= 15 is 0 Å². The average molecular weight is 278 g/mol. The number of carbonyl (C=O) groups is 2. The Labute approximate surface area is 117 Å². The van der Waals surface area contributed by atoms with Crippen LogP contribution in [0.5, 0.6) is 0 Å². The molecule has 1 unspecified atom stereocenters. The highest BCUT2D eigenvalue weighted by Gasteiger charge is 2.30. The number of carboxylic acids is 1. The van der Waals surface area contributed by atoms with Crippen molar-refractivity contribution in [1.82, 2.24) is 9.88 Å². The largest absolute Gasteiger partial charge is 0.481 e. The first kappa shape index (κ1) is 14.1. The van der Waals surface area contributed by atoms with Crippen LogP contribution in [0.2, 0.25) is 0 Å². The molecule has 1 fully saturated rings. The third-order valence-electron chi connectivity index (χ3n) is 3.25. The lowest BCUT2D eigenvalue weighted by Gasteiger charge is -2.17. The third-order valence-corrected chi connectivity index (χ3v) is 3.25. The quantitative estimate of drug-likeness (QED) is 0.864. The van der Waals surface area contributed by atoms with Crippen LogP contribution in [0, 0.1) is 5.92 Å². The Morgan fingerprint density at radius 2 is 2.20 bits per heavy atom. The third kappa shape index (κ3) is 3.17. The molecule has 1 saturated heterocycles. The smallest absolute Gasteiger partial charge is 0.323 e. The summed E-state index contributed by atoms with van der Waals surface area (Å²) < 4.78 is 0. The molecule has 2 N–H and O–H groups in total. The van der Waals surface area contributed by atoms with E-state index in [0.29, 0.717) is 18.8 Å². The van der Waals surface area contributed by atoms with Crippen molar-refractivity contribution in [2.24, 2.45) is 5.92 Å². The molecule has 1 aromatic rings. The maximum atomic E-state index is 12.0. The molecule has 1 aliphatic heterocycles. The van der Waals surface area contributed by atoms with Crippen LogP contribution < -0.4 is 10.2 Å². The number of urea groups is 1. The molecule has 0 radical (unpaired) electrons. The van der Waals surface area contributed by atoms with Crippen molar-refractivity contribution in [2.75, 3.05) is 37.4 Å². The molecule has 0 bridgehead atoms. The minimum Gasteiger partial charge on any atom is -0.481 e. The Bertz CT molecular complexity index is 518. The predicted molar refractivity (Wildman–Crippen MR) is 74.9 cm³/mol. The summed E-state index contributed by atoms with van der Waals surface area (Å²) in [6.07, 6.45) is 0.494. The molecule has 7 nitrogen and oxygen atoms in total. The van der Waals surface area contributed by atoms with Crippen LogP contribution in [0.3, 0.4) is 0 Å². The van der Waals surface area contributed by atoms with E-state index in [1.807, 2.05) is 31.1 Å². The van der Waals surface area contributed by atoms with E-state index in [1.165, 1.54) is 4.90 Å². The summed E-state index contributed by atoms with van der Waals surface area (Å²) in [7, 11) is 3.73. The molecule has 1 aromatic heterocycles. The van der Waals surface area contributed by atoms with Gasteiger partial charge in [-0.25, -0.2) is 9.78 Å². The Balaban J connectivity index is 1.98. The summed E-state index contributed by atoms with van der Waals surface area (Å²) in [5.41, 5.74) is 0. The second-order valence-corrected chi connectivity index (χ2v) is 4.98. The topological polar surface area (TPSA) is 85.8 Å². The van der Waals surface area contributed by atoms with Gasteiger partial charge in [0.15, 0.2) is 0 Å². The lowest BCUT2D eigenvalue weighted by molar-refractivity contribution is -0.141. The molecule has 0 aromatic carbocycles. The lowest BCUT2D eigenvalue weighted by atomic mass is 10.1. The van der Waals surface area contributed by atoms with Crippen LogP contribution in [-0.4, -0.2) is 54.2 Å². The van der Waals surface area contributed by atoms with Crippen LogP contribution >= 0.6 is 0 Å². The number of carboxylic acid groups (broad SMARTS) is 1. The number of amides is 2. The van der Waals surface area contributed by atoms with Crippen LogP contribution in [0.25, 0.3) is 0 Å². The van der Waals surface area contributed by atoms with Gasteiger partial charge in [-0.05, 0) is 18.6 Å². The van der Waals surface area contributed by atoms with Gasteiger partial charge in [0.1, 0.15) is 11.6 Å². The summed E-state index contributed by atoms with van der Waals surface area (Å²) in [5, 5.41) is 11.6. The van der Waals surface area contributed by atoms with Crippen molar-refractivity contribution < 1.29 is 14.7 Å². The molecular weight excluding hydrogens is 260 g/mol. The first-order valence-electron chi connectivity index (χ1n) is 6.40. The minimum absolute atomic E-state index is 0.245. The van der Waals surface area contributed by atoms with Gasteiger partial charge in [0.25, 0.3) is 0 Å². The summed E-state index contributed by atoms with van der Waals surface area (Å²) in [5.74, 6) is -0.123. The molecule has 0 saturated carbocycles. The predicted octanol–water partition coefficient (Wildman–Crippen LogP) is 1.09. The van der Waals surface area contributed by atoms with Gasteiger partial charge in [-0.1, -0.05) is 6.07 Å². The molecule has 108 valence electrons. The SMILES string of the molecule is CN(C)c1cccc(NC(=O)N2CCC(C(=O)O)C2)n1. The van der Waals surface area contributed by atoms with E-state index in [-0.39, 0.29) is 12.6 Å². The van der Waals surface area contributed by atoms with E-state index in [4.69, 9.17) is 5.11 Å². The molecular formula is C13H18N4O3. The number of likely N-dealkylation sites (tertiary alicyclic amines) is 1. The molecule has 0 spiro atoms. The summed E-state index contributed by atoms with van der Waals surface area (Å²) in [6, 6.07) is 5.04. The zero-order valence-corrected chi connectivity index (χ0v) is 11.5. The number of aliphatic carboxylic acids is 1. The Morgan fingerprint density at radius 3 is 2.80 bits per heavy atom. The van der Waals surface area contributed by atoms with Gasteiger partial charge in [0.2, 0.25) is 0 Å². The second-order valence-electron chi connectivity index (χ2n) is 4.98. The van der Waals surface area contributed by atoms with Gasteiger partial charge < -0.3 is 14.9 Å². The Morgan fingerprint density at radius 1 is 1.45 bits per heavy atom. The number of nitrogens with one attached hydrogen (secondary N) is 1. The van der Waals surface area contributed by atoms with Crippen molar-refractivity contribution in [1.29, 1.82) is 0 Å². The van der Waals surface area contributed by atoms with Gasteiger partial charge in [-0.2, -0.15) is 0 Å². The monoisotopic (exact) mass is 278 g/mol. The standard InChI is InChI=1S/C13H18N4O3/c1-16(2)11-5-3-4-10(14-11)15-13(20)17-7-6-9(8-17)12(18)19/h3-5,9H,6-8H2,1-2H3,(H,18,19)(H,14,15,20). The fourth-order valence-corrected chi connectivity index (χ4v) is 2.08. The van der Waals surface area contributed by atoms with Crippen LogP contribution in [0.1, 0.15) is 6.42 Å². The number of hydrogen-bond acceptors (Lipinski definition) is 4. The highest BCUT2D eigenvalue weighted by atomic mass is 16.4. The van der Waals surface area contributed by atoms with Crippen molar-refractivity contribution in [3.8, 4) is 0 Å². The number of aromatic nitrogens is 1. The van der Waals surface area contributed by atoms with E-state index in [2.05, 4.69) is 10.3 Å². The normalized spacial score (nSPS) is 17.9. The molecule has 1 aliphatic rings. The molecule has 0 aliphatic carbocycles. The van der Waals surface area contributed by atoms with Crippen molar-refractivity contribution in [3.05, 3.63) is 18.2 Å². The van der Waals surface area contributed by atoms with Gasteiger partial charge in [0.05, 0.1) is 5.92 Å². The molecule has 2 rings (SSSR count). The van der Waals surface area contributed by atoms with E-state index in [0.717, 1.165) is 5.82 Å².